The highest BCUT2D eigenvalue weighted by Crippen LogP contribution is 2.19. The number of carbonyl (C=O) groups is 1. The summed E-state index contributed by atoms with van der Waals surface area (Å²) in [6.07, 6.45) is 3.88. The number of carboxylic acid groups (broad SMARTS) is 1. The van der Waals surface area contributed by atoms with Gasteiger partial charge in [0.1, 0.15) is 0 Å². The Morgan fingerprint density at radius 1 is 1.40 bits per heavy atom. The van der Waals surface area contributed by atoms with Crippen molar-refractivity contribution < 1.29 is 9.90 Å². The van der Waals surface area contributed by atoms with Crippen LogP contribution in [0.1, 0.15) is 36.5 Å². The van der Waals surface area contributed by atoms with Gasteiger partial charge in [-0.2, -0.15) is 0 Å². The van der Waals surface area contributed by atoms with Crippen LogP contribution in [0.15, 0.2) is 18.2 Å². The molecule has 1 aliphatic rings. The fraction of sp³-hybridized carbons (Fsp3) is 0.533. The molecule has 1 aromatic carbocycles. The molecule has 20 heavy (non-hydrogen) atoms. The molecule has 1 heterocycles. The van der Waals surface area contributed by atoms with Gasteiger partial charge in [-0.25, -0.2) is 4.79 Å². The monoisotopic (exact) mass is 277 g/mol. The quantitative estimate of drug-likeness (QED) is 0.719. The Hall–Kier alpha value is -1.75. The first-order chi connectivity index (χ1) is 9.56. The van der Waals surface area contributed by atoms with E-state index in [1.807, 2.05) is 6.07 Å². The summed E-state index contributed by atoms with van der Waals surface area (Å²) in [4.78, 5) is 13.5. The van der Waals surface area contributed by atoms with E-state index in [4.69, 9.17) is 10.8 Å². The third kappa shape index (κ3) is 3.87. The molecule has 1 atom stereocenters. The number of rotatable bonds is 5. The predicted molar refractivity (Wildman–Crippen MR) is 81.2 cm³/mol. The van der Waals surface area contributed by atoms with Gasteiger partial charge in [0.15, 0.2) is 0 Å². The second-order valence-electron chi connectivity index (χ2n) is 5.51. The van der Waals surface area contributed by atoms with Crippen LogP contribution in [0, 0.1) is 0 Å². The number of likely N-dealkylation sites (tertiary alicyclic amines) is 1. The van der Waals surface area contributed by atoms with Crippen LogP contribution in [0.4, 0.5) is 11.4 Å². The number of hydrogen-bond acceptors (Lipinski definition) is 4. The minimum absolute atomic E-state index is 0.153. The lowest BCUT2D eigenvalue weighted by atomic mass is 10.1. The van der Waals surface area contributed by atoms with E-state index in [0.717, 1.165) is 25.3 Å². The fourth-order valence-electron chi connectivity index (χ4n) is 2.69. The first kappa shape index (κ1) is 14.7. The number of piperidine rings is 1. The minimum atomic E-state index is -0.991. The van der Waals surface area contributed by atoms with E-state index in [-0.39, 0.29) is 11.6 Å². The molecule has 5 heteroatoms. The highest BCUT2D eigenvalue weighted by molar-refractivity contribution is 5.94. The van der Waals surface area contributed by atoms with E-state index in [2.05, 4.69) is 17.1 Å². The summed E-state index contributed by atoms with van der Waals surface area (Å²) in [6, 6.07) is 5.34. The van der Waals surface area contributed by atoms with Crippen LogP contribution in [0.5, 0.6) is 0 Å². The van der Waals surface area contributed by atoms with Gasteiger partial charge < -0.3 is 21.1 Å². The zero-order valence-corrected chi connectivity index (χ0v) is 11.9. The van der Waals surface area contributed by atoms with Crippen molar-refractivity contribution in [3.05, 3.63) is 23.8 Å². The van der Waals surface area contributed by atoms with Gasteiger partial charge in [0, 0.05) is 24.0 Å². The van der Waals surface area contributed by atoms with Gasteiger partial charge in [-0.15, -0.1) is 0 Å². The number of carboxylic acids is 1. The van der Waals surface area contributed by atoms with Crippen molar-refractivity contribution in [3.8, 4) is 0 Å². The van der Waals surface area contributed by atoms with Gasteiger partial charge in [-0.1, -0.05) is 6.42 Å². The fourth-order valence-corrected chi connectivity index (χ4v) is 2.69. The average molecular weight is 277 g/mol. The summed E-state index contributed by atoms with van der Waals surface area (Å²) in [7, 11) is 0. The summed E-state index contributed by atoms with van der Waals surface area (Å²) in [6.45, 7) is 5.42. The molecule has 1 unspecified atom stereocenters. The second kappa shape index (κ2) is 6.61. The molecule has 0 aromatic heterocycles. The van der Waals surface area contributed by atoms with Crippen molar-refractivity contribution in [1.82, 2.24) is 4.90 Å². The Morgan fingerprint density at radius 2 is 2.10 bits per heavy atom. The molecule has 0 saturated carbocycles. The molecular formula is C15H23N3O2. The van der Waals surface area contributed by atoms with Crippen LogP contribution in [-0.4, -0.2) is 41.7 Å². The third-order valence-electron chi connectivity index (χ3n) is 3.68. The van der Waals surface area contributed by atoms with E-state index < -0.39 is 5.97 Å². The van der Waals surface area contributed by atoms with Crippen LogP contribution in [0.3, 0.4) is 0 Å². The molecule has 1 saturated heterocycles. The molecule has 0 bridgehead atoms. The first-order valence-corrected chi connectivity index (χ1v) is 7.18. The lowest BCUT2D eigenvalue weighted by Crippen LogP contribution is -2.38. The van der Waals surface area contributed by atoms with Crippen molar-refractivity contribution in [2.45, 2.75) is 32.2 Å². The number of nitrogens with two attached hydrogens (primary N) is 1. The third-order valence-corrected chi connectivity index (χ3v) is 3.68. The Balaban J connectivity index is 1.95. The summed E-state index contributed by atoms with van der Waals surface area (Å²) < 4.78 is 0. The van der Waals surface area contributed by atoms with Gasteiger partial charge in [0.05, 0.1) is 5.56 Å². The highest BCUT2D eigenvalue weighted by atomic mass is 16.4. The maximum atomic E-state index is 11.1. The first-order valence-electron chi connectivity index (χ1n) is 7.18. The average Bonchev–Trinajstić information content (AvgIpc) is 2.41. The second-order valence-corrected chi connectivity index (χ2v) is 5.51. The molecule has 1 aromatic rings. The molecule has 0 radical (unpaired) electrons. The van der Waals surface area contributed by atoms with Gasteiger partial charge in [0.2, 0.25) is 0 Å². The molecule has 2 rings (SSSR count). The van der Waals surface area contributed by atoms with Crippen molar-refractivity contribution in [2.75, 3.05) is 30.7 Å². The summed E-state index contributed by atoms with van der Waals surface area (Å²) >= 11 is 0. The number of nitrogens with one attached hydrogen (secondary N) is 1. The Labute approximate surface area is 119 Å². The highest BCUT2D eigenvalue weighted by Gasteiger charge is 2.14. The molecule has 0 aliphatic carbocycles. The Bertz CT molecular complexity index is 470. The smallest absolute Gasteiger partial charge is 0.337 e. The summed E-state index contributed by atoms with van der Waals surface area (Å²) in [5, 5.41) is 12.4. The van der Waals surface area contributed by atoms with Gasteiger partial charge >= 0.3 is 5.97 Å². The van der Waals surface area contributed by atoms with Gasteiger partial charge in [-0.05, 0) is 51.1 Å². The molecule has 1 fully saturated rings. The van der Waals surface area contributed by atoms with Crippen LogP contribution in [-0.2, 0) is 0 Å². The number of hydrogen-bond donors (Lipinski definition) is 3. The normalized spacial score (nSPS) is 17.6. The van der Waals surface area contributed by atoms with E-state index in [1.54, 1.807) is 12.1 Å². The van der Waals surface area contributed by atoms with Crippen LogP contribution < -0.4 is 11.1 Å². The van der Waals surface area contributed by atoms with Crippen molar-refractivity contribution in [3.63, 3.8) is 0 Å². The number of benzene rings is 1. The molecular weight excluding hydrogens is 254 g/mol. The number of nitrogen functional groups attached to an aromatic ring is 1. The molecule has 0 amide bonds. The molecule has 1 aliphatic heterocycles. The lowest BCUT2D eigenvalue weighted by Gasteiger charge is -2.29. The predicted octanol–water partition coefficient (Wildman–Crippen LogP) is 2.25. The number of anilines is 2. The van der Waals surface area contributed by atoms with E-state index in [1.165, 1.54) is 19.3 Å². The van der Waals surface area contributed by atoms with E-state index in [0.29, 0.717) is 5.69 Å². The number of aromatic carboxylic acids is 1. The van der Waals surface area contributed by atoms with Crippen molar-refractivity contribution in [1.29, 1.82) is 0 Å². The largest absolute Gasteiger partial charge is 0.478 e. The minimum Gasteiger partial charge on any atom is -0.478 e. The van der Waals surface area contributed by atoms with Gasteiger partial charge in [0.25, 0.3) is 0 Å². The number of nitrogens with zero attached hydrogens (tertiary/aromatic N) is 1. The molecule has 110 valence electrons. The Morgan fingerprint density at radius 3 is 2.75 bits per heavy atom. The molecule has 0 spiro atoms. The van der Waals surface area contributed by atoms with Crippen LogP contribution in [0.25, 0.3) is 0 Å². The van der Waals surface area contributed by atoms with Crippen molar-refractivity contribution in [2.24, 2.45) is 0 Å². The van der Waals surface area contributed by atoms with Crippen LogP contribution >= 0.6 is 0 Å². The summed E-state index contributed by atoms with van der Waals surface area (Å²) in [5.74, 6) is -0.991. The SMILES string of the molecule is CC(CN1CCCCC1)Nc1ccc(N)c(C(=O)O)c1. The summed E-state index contributed by atoms with van der Waals surface area (Å²) in [5.41, 5.74) is 6.91. The topological polar surface area (TPSA) is 78.6 Å². The molecule has 4 N–H and O–H groups in total. The maximum Gasteiger partial charge on any atom is 0.337 e. The van der Waals surface area contributed by atoms with E-state index in [9.17, 15) is 4.79 Å². The maximum absolute atomic E-state index is 11.1. The van der Waals surface area contributed by atoms with Gasteiger partial charge in [-0.3, -0.25) is 0 Å². The van der Waals surface area contributed by atoms with Crippen molar-refractivity contribution >= 4 is 17.3 Å². The van der Waals surface area contributed by atoms with Crippen LogP contribution in [0.2, 0.25) is 0 Å². The van der Waals surface area contributed by atoms with E-state index >= 15 is 0 Å². The zero-order valence-electron chi connectivity index (χ0n) is 11.9. The molecule has 5 nitrogen and oxygen atoms in total. The standard InChI is InChI=1S/C15H23N3O2/c1-11(10-18-7-3-2-4-8-18)17-12-5-6-14(16)13(9-12)15(19)20/h5-6,9,11,17H,2-4,7-8,10,16H2,1H3,(H,19,20). The zero-order chi connectivity index (χ0) is 14.5. The Kier molecular flexibility index (Phi) is 4.84. The lowest BCUT2D eigenvalue weighted by molar-refractivity contribution is 0.0698.